The average Bonchev–Trinajstić information content (AvgIpc) is 2.62. The van der Waals surface area contributed by atoms with Gasteiger partial charge in [0.15, 0.2) is 5.58 Å². The maximum absolute atomic E-state index is 8.52. The number of hydrogen-bond donors (Lipinski definition) is 0. The molecule has 0 bridgehead atoms. The maximum Gasteiger partial charge on any atom is 0.152 e. The van der Waals surface area contributed by atoms with Crippen LogP contribution in [0.4, 0.5) is 0 Å². The molecule has 0 saturated heterocycles. The molecule has 88 valence electrons. The number of rotatable bonds is 2. The molecule has 1 heterocycles. The van der Waals surface area contributed by atoms with E-state index in [1.807, 2.05) is 12.1 Å². The Morgan fingerprint density at radius 3 is 2.76 bits per heavy atom. The lowest BCUT2D eigenvalue weighted by molar-refractivity contribution is 0.412. The van der Waals surface area contributed by atoms with Gasteiger partial charge in [-0.3, -0.25) is 0 Å². The van der Waals surface area contributed by atoms with Crippen LogP contribution in [0.2, 0.25) is 5.02 Å². The molecule has 4 nitrogen and oxygen atoms in total. The molecule has 0 unspecified atom stereocenters. The minimum atomic E-state index is -0.733. The SMILES string of the molecule is CC(C)(N=[N+]=[N-])c1cc2cc(Br)cc(Cl)c2o1. The van der Waals surface area contributed by atoms with E-state index in [1.54, 1.807) is 19.9 Å². The molecule has 0 amide bonds. The van der Waals surface area contributed by atoms with E-state index in [4.69, 9.17) is 21.5 Å². The molecule has 0 atom stereocenters. The summed E-state index contributed by atoms with van der Waals surface area (Å²) in [5, 5.41) is 5.11. The van der Waals surface area contributed by atoms with Gasteiger partial charge in [-0.25, -0.2) is 0 Å². The normalized spacial score (nSPS) is 11.5. The summed E-state index contributed by atoms with van der Waals surface area (Å²) in [6, 6.07) is 5.50. The second-order valence-electron chi connectivity index (χ2n) is 4.17. The Bertz CT molecular complexity index is 629. The van der Waals surface area contributed by atoms with Crippen molar-refractivity contribution in [2.45, 2.75) is 19.4 Å². The highest BCUT2D eigenvalue weighted by Gasteiger charge is 2.24. The Morgan fingerprint density at radius 1 is 1.41 bits per heavy atom. The summed E-state index contributed by atoms with van der Waals surface area (Å²) >= 11 is 9.44. The molecule has 6 heteroatoms. The summed E-state index contributed by atoms with van der Waals surface area (Å²) in [7, 11) is 0. The molecule has 0 radical (unpaired) electrons. The van der Waals surface area contributed by atoms with E-state index in [2.05, 4.69) is 26.0 Å². The van der Waals surface area contributed by atoms with Crippen molar-refractivity contribution in [1.29, 1.82) is 0 Å². The van der Waals surface area contributed by atoms with Crippen molar-refractivity contribution in [2.75, 3.05) is 0 Å². The van der Waals surface area contributed by atoms with E-state index in [1.165, 1.54) is 0 Å². The zero-order valence-electron chi connectivity index (χ0n) is 9.24. The Hall–Kier alpha value is -1.16. The summed E-state index contributed by atoms with van der Waals surface area (Å²) in [6.45, 7) is 3.57. The van der Waals surface area contributed by atoms with Gasteiger partial charge < -0.3 is 4.42 Å². The van der Waals surface area contributed by atoms with Crippen LogP contribution in [0.3, 0.4) is 0 Å². The molecule has 0 spiro atoms. The fraction of sp³-hybridized carbons (Fsp3) is 0.273. The van der Waals surface area contributed by atoms with Crippen molar-refractivity contribution in [2.24, 2.45) is 5.11 Å². The molecular formula is C11H9BrClN3O. The molecule has 17 heavy (non-hydrogen) atoms. The second-order valence-corrected chi connectivity index (χ2v) is 5.49. The average molecular weight is 315 g/mol. The fourth-order valence-corrected chi connectivity index (χ4v) is 2.41. The largest absolute Gasteiger partial charge is 0.459 e. The number of azide groups is 1. The smallest absolute Gasteiger partial charge is 0.152 e. The van der Waals surface area contributed by atoms with Crippen LogP contribution in [0, 0.1) is 0 Å². The number of furan rings is 1. The van der Waals surface area contributed by atoms with Gasteiger partial charge in [-0.2, -0.15) is 0 Å². The molecule has 0 aliphatic rings. The number of nitrogens with zero attached hydrogens (tertiary/aromatic N) is 3. The van der Waals surface area contributed by atoms with Gasteiger partial charge in [-0.15, -0.1) is 0 Å². The zero-order valence-corrected chi connectivity index (χ0v) is 11.6. The first-order chi connectivity index (χ1) is 7.94. The van der Waals surface area contributed by atoms with Gasteiger partial charge in [0.2, 0.25) is 0 Å². The van der Waals surface area contributed by atoms with Crippen molar-refractivity contribution in [3.63, 3.8) is 0 Å². The molecule has 2 rings (SSSR count). The van der Waals surface area contributed by atoms with Crippen LogP contribution in [0.15, 0.2) is 32.2 Å². The van der Waals surface area contributed by atoms with Crippen LogP contribution in [0.5, 0.6) is 0 Å². The van der Waals surface area contributed by atoms with Crippen LogP contribution < -0.4 is 0 Å². The first kappa shape index (κ1) is 12.3. The second kappa shape index (κ2) is 4.26. The molecule has 1 aromatic carbocycles. The van der Waals surface area contributed by atoms with Crippen LogP contribution in [-0.4, -0.2) is 0 Å². The summed E-state index contributed by atoms with van der Waals surface area (Å²) in [5.41, 5.74) is 8.39. The predicted octanol–water partition coefficient (Wildman–Crippen LogP) is 5.39. The molecule has 0 aliphatic carbocycles. The number of fused-ring (bicyclic) bond motifs is 1. The minimum absolute atomic E-state index is 0.525. The number of halogens is 2. The highest BCUT2D eigenvalue weighted by Crippen LogP contribution is 2.35. The lowest BCUT2D eigenvalue weighted by atomic mass is 10.0. The zero-order chi connectivity index (χ0) is 12.6. The van der Waals surface area contributed by atoms with Crippen LogP contribution in [0.1, 0.15) is 19.6 Å². The first-order valence-electron chi connectivity index (χ1n) is 4.89. The van der Waals surface area contributed by atoms with E-state index in [0.29, 0.717) is 16.4 Å². The number of hydrogen-bond acceptors (Lipinski definition) is 2. The molecule has 0 N–H and O–H groups in total. The molecule has 0 saturated carbocycles. The van der Waals surface area contributed by atoms with Crippen LogP contribution in [0.25, 0.3) is 21.4 Å². The first-order valence-corrected chi connectivity index (χ1v) is 6.06. The summed E-state index contributed by atoms with van der Waals surface area (Å²) in [6.07, 6.45) is 0. The third-order valence-electron chi connectivity index (χ3n) is 2.43. The molecular weight excluding hydrogens is 305 g/mol. The van der Waals surface area contributed by atoms with Gasteiger partial charge in [0, 0.05) is 14.8 Å². The predicted molar refractivity (Wildman–Crippen MR) is 71.1 cm³/mol. The van der Waals surface area contributed by atoms with Crippen molar-refractivity contribution in [3.8, 4) is 0 Å². The van der Waals surface area contributed by atoms with Crippen molar-refractivity contribution in [3.05, 3.63) is 43.9 Å². The van der Waals surface area contributed by atoms with Gasteiger partial charge >= 0.3 is 0 Å². The lowest BCUT2D eigenvalue weighted by Crippen LogP contribution is -2.10. The Labute approximate surface area is 111 Å². The topological polar surface area (TPSA) is 61.9 Å². The van der Waals surface area contributed by atoms with Crippen molar-refractivity contribution in [1.82, 2.24) is 0 Å². The molecule has 2 aromatic rings. The molecule has 0 fully saturated rings. The van der Waals surface area contributed by atoms with Crippen molar-refractivity contribution < 1.29 is 4.42 Å². The van der Waals surface area contributed by atoms with Gasteiger partial charge in [0.1, 0.15) is 11.3 Å². The highest BCUT2D eigenvalue weighted by molar-refractivity contribution is 9.10. The molecule has 1 aromatic heterocycles. The summed E-state index contributed by atoms with van der Waals surface area (Å²) < 4.78 is 6.53. The van der Waals surface area contributed by atoms with E-state index < -0.39 is 5.54 Å². The van der Waals surface area contributed by atoms with Gasteiger partial charge in [0.25, 0.3) is 0 Å². The highest BCUT2D eigenvalue weighted by atomic mass is 79.9. The third-order valence-corrected chi connectivity index (χ3v) is 3.17. The quantitative estimate of drug-likeness (QED) is 0.416. The third kappa shape index (κ3) is 2.27. The fourth-order valence-electron chi connectivity index (χ4n) is 1.54. The van der Waals surface area contributed by atoms with Crippen LogP contribution >= 0.6 is 27.5 Å². The monoisotopic (exact) mass is 313 g/mol. The van der Waals surface area contributed by atoms with Crippen molar-refractivity contribution >= 4 is 38.5 Å². The Morgan fingerprint density at radius 2 is 2.12 bits per heavy atom. The standard InChI is InChI=1S/C11H9BrClN3O/c1-11(2,15-16-14)9-4-6-3-7(12)5-8(13)10(6)17-9/h3-5H,1-2H3. The van der Waals surface area contributed by atoms with E-state index in [-0.39, 0.29) is 0 Å². The maximum atomic E-state index is 8.52. The molecule has 0 aliphatic heterocycles. The summed E-state index contributed by atoms with van der Waals surface area (Å²) in [5.74, 6) is 0.588. The minimum Gasteiger partial charge on any atom is -0.459 e. The lowest BCUT2D eigenvalue weighted by Gasteiger charge is -2.13. The van der Waals surface area contributed by atoms with E-state index in [9.17, 15) is 0 Å². The summed E-state index contributed by atoms with van der Waals surface area (Å²) in [4.78, 5) is 2.82. The van der Waals surface area contributed by atoms with Gasteiger partial charge in [0.05, 0.1) is 5.02 Å². The van der Waals surface area contributed by atoms with Gasteiger partial charge in [-0.05, 0) is 37.6 Å². The van der Waals surface area contributed by atoms with Gasteiger partial charge in [-0.1, -0.05) is 32.6 Å². The van der Waals surface area contributed by atoms with E-state index >= 15 is 0 Å². The Balaban J connectivity index is 2.67. The Kier molecular flexibility index (Phi) is 3.08. The van der Waals surface area contributed by atoms with Crippen LogP contribution in [-0.2, 0) is 5.54 Å². The van der Waals surface area contributed by atoms with E-state index in [0.717, 1.165) is 9.86 Å². The number of benzene rings is 1.